The fourth-order valence-corrected chi connectivity index (χ4v) is 1.73. The number of hydrogen-bond donors (Lipinski definition) is 0. The molecule has 0 aliphatic heterocycles. The van der Waals surface area contributed by atoms with E-state index in [1.165, 1.54) is 18.2 Å². The fourth-order valence-electron chi connectivity index (χ4n) is 1.57. The number of nitro groups is 1. The first kappa shape index (κ1) is 14.9. The van der Waals surface area contributed by atoms with Crippen LogP contribution in [0.1, 0.15) is 15.9 Å². The number of carbonyl (C=O) groups excluding carboxylic acids is 1. The van der Waals surface area contributed by atoms with Gasteiger partial charge in [0.05, 0.1) is 4.92 Å². The number of ether oxygens (including phenoxy) is 1. The van der Waals surface area contributed by atoms with E-state index in [2.05, 4.69) is 4.98 Å². The zero-order chi connectivity index (χ0) is 15.4. The molecule has 0 spiro atoms. The quantitative estimate of drug-likeness (QED) is 0.375. The number of halogens is 2. The van der Waals surface area contributed by atoms with E-state index in [1.54, 1.807) is 6.07 Å². The van der Waals surface area contributed by atoms with Gasteiger partial charge in [0.2, 0.25) is 0 Å². The van der Waals surface area contributed by atoms with Gasteiger partial charge in [-0.15, -0.1) is 0 Å². The van der Waals surface area contributed by atoms with E-state index < -0.39 is 22.4 Å². The molecule has 0 atom stereocenters. The summed E-state index contributed by atoms with van der Waals surface area (Å²) in [5, 5.41) is 10.7. The molecule has 0 saturated heterocycles. The van der Waals surface area contributed by atoms with E-state index >= 15 is 0 Å². The predicted molar refractivity (Wildman–Crippen MR) is 71.4 cm³/mol. The molecule has 1 aromatic carbocycles. The van der Waals surface area contributed by atoms with Crippen LogP contribution in [-0.2, 0) is 11.3 Å². The largest absolute Gasteiger partial charge is 0.457 e. The van der Waals surface area contributed by atoms with Gasteiger partial charge in [0.1, 0.15) is 29.3 Å². The molecule has 108 valence electrons. The Hall–Kier alpha value is -2.54. The first-order chi connectivity index (χ1) is 9.99. The Kier molecular flexibility index (Phi) is 4.44. The number of benzene rings is 1. The molecule has 8 heteroatoms. The molecule has 0 unspecified atom stereocenters. The third kappa shape index (κ3) is 3.51. The lowest BCUT2D eigenvalue weighted by Crippen LogP contribution is -2.09. The Balaban J connectivity index is 2.19. The Labute approximate surface area is 123 Å². The van der Waals surface area contributed by atoms with Crippen LogP contribution in [0.25, 0.3) is 0 Å². The highest BCUT2D eigenvalue weighted by atomic mass is 35.5. The van der Waals surface area contributed by atoms with Crippen molar-refractivity contribution in [2.75, 3.05) is 0 Å². The van der Waals surface area contributed by atoms with E-state index in [0.717, 1.165) is 12.3 Å². The minimum atomic E-state index is -0.978. The Morgan fingerprint density at radius 1 is 1.43 bits per heavy atom. The van der Waals surface area contributed by atoms with Crippen LogP contribution in [0.2, 0.25) is 5.15 Å². The third-order valence-electron chi connectivity index (χ3n) is 2.58. The number of carbonyl (C=O) groups is 1. The van der Waals surface area contributed by atoms with Crippen molar-refractivity contribution in [2.45, 2.75) is 6.61 Å². The van der Waals surface area contributed by atoms with Crippen LogP contribution in [-0.4, -0.2) is 15.9 Å². The SMILES string of the molecule is O=C(OCc1ccccc1F)c1cc(Cl)ncc1[N+](=O)[O-]. The molecule has 1 aromatic heterocycles. The molecular formula is C13H8ClFN2O4. The molecule has 21 heavy (non-hydrogen) atoms. The van der Waals surface area contributed by atoms with Crippen molar-refractivity contribution in [3.63, 3.8) is 0 Å². The molecule has 0 amide bonds. The summed E-state index contributed by atoms with van der Waals surface area (Å²) in [5.41, 5.74) is -0.706. The van der Waals surface area contributed by atoms with Gasteiger partial charge in [-0.05, 0) is 12.1 Å². The van der Waals surface area contributed by atoms with Crippen molar-refractivity contribution < 1.29 is 18.8 Å². The second kappa shape index (κ2) is 6.27. The zero-order valence-electron chi connectivity index (χ0n) is 10.5. The van der Waals surface area contributed by atoms with Crippen LogP contribution in [0.3, 0.4) is 0 Å². The van der Waals surface area contributed by atoms with E-state index in [9.17, 15) is 19.3 Å². The Morgan fingerprint density at radius 3 is 2.81 bits per heavy atom. The van der Waals surface area contributed by atoms with Gasteiger partial charge in [-0.3, -0.25) is 10.1 Å². The van der Waals surface area contributed by atoms with Crippen molar-refractivity contribution in [2.24, 2.45) is 0 Å². The number of hydrogen-bond acceptors (Lipinski definition) is 5. The molecular weight excluding hydrogens is 303 g/mol. The summed E-state index contributed by atoms with van der Waals surface area (Å²) in [4.78, 5) is 25.4. The van der Waals surface area contributed by atoms with Gasteiger partial charge in [-0.25, -0.2) is 14.2 Å². The first-order valence-corrected chi connectivity index (χ1v) is 6.07. The number of nitrogens with zero attached hydrogens (tertiary/aromatic N) is 2. The second-order valence-electron chi connectivity index (χ2n) is 3.95. The molecule has 2 rings (SSSR count). The van der Waals surface area contributed by atoms with Crippen molar-refractivity contribution in [3.8, 4) is 0 Å². The van der Waals surface area contributed by atoms with Crippen LogP contribution >= 0.6 is 11.6 Å². The lowest BCUT2D eigenvalue weighted by molar-refractivity contribution is -0.385. The molecule has 0 bridgehead atoms. The van der Waals surface area contributed by atoms with Gasteiger partial charge in [0, 0.05) is 5.56 Å². The predicted octanol–water partition coefficient (Wildman–Crippen LogP) is 3.14. The summed E-state index contributed by atoms with van der Waals surface area (Å²) in [6.45, 7) is -0.345. The van der Waals surface area contributed by atoms with Crippen molar-refractivity contribution in [1.82, 2.24) is 4.98 Å². The van der Waals surface area contributed by atoms with E-state index in [0.29, 0.717) is 0 Å². The smallest absolute Gasteiger partial charge is 0.345 e. The molecule has 0 fully saturated rings. The third-order valence-corrected chi connectivity index (χ3v) is 2.79. The molecule has 0 aliphatic carbocycles. The number of aromatic nitrogens is 1. The highest BCUT2D eigenvalue weighted by Gasteiger charge is 2.23. The van der Waals surface area contributed by atoms with Gasteiger partial charge >= 0.3 is 11.7 Å². The zero-order valence-corrected chi connectivity index (χ0v) is 11.2. The van der Waals surface area contributed by atoms with Gasteiger partial charge in [0.25, 0.3) is 0 Å². The van der Waals surface area contributed by atoms with Crippen LogP contribution in [0.4, 0.5) is 10.1 Å². The number of rotatable bonds is 4. The Bertz CT molecular complexity index is 708. The molecule has 0 radical (unpaired) electrons. The molecule has 0 aliphatic rings. The summed E-state index contributed by atoms with van der Waals surface area (Å²) in [6.07, 6.45) is 0.863. The summed E-state index contributed by atoms with van der Waals surface area (Å²) < 4.78 is 18.3. The van der Waals surface area contributed by atoms with Crippen molar-refractivity contribution in [3.05, 3.63) is 68.7 Å². The van der Waals surface area contributed by atoms with Gasteiger partial charge in [-0.2, -0.15) is 0 Å². The van der Waals surface area contributed by atoms with E-state index in [4.69, 9.17) is 16.3 Å². The highest BCUT2D eigenvalue weighted by Crippen LogP contribution is 2.21. The molecule has 2 aromatic rings. The summed E-state index contributed by atoms with van der Waals surface area (Å²) in [5.74, 6) is -1.51. The summed E-state index contributed by atoms with van der Waals surface area (Å²) in [7, 11) is 0. The van der Waals surface area contributed by atoms with Crippen LogP contribution in [0, 0.1) is 15.9 Å². The topological polar surface area (TPSA) is 82.3 Å². The maximum absolute atomic E-state index is 13.4. The minimum absolute atomic E-state index is 0.0848. The van der Waals surface area contributed by atoms with Crippen LogP contribution in [0.15, 0.2) is 36.5 Å². The monoisotopic (exact) mass is 310 g/mol. The standard InChI is InChI=1S/C13H8ClFN2O4/c14-12-5-9(11(6-16-12)17(19)20)13(18)21-7-8-3-1-2-4-10(8)15/h1-6H,7H2. The lowest BCUT2D eigenvalue weighted by atomic mass is 10.2. The maximum Gasteiger partial charge on any atom is 0.345 e. The summed E-state index contributed by atoms with van der Waals surface area (Å²) >= 11 is 5.61. The van der Waals surface area contributed by atoms with Crippen LogP contribution in [0.5, 0.6) is 0 Å². The molecule has 0 saturated carbocycles. The average Bonchev–Trinajstić information content (AvgIpc) is 2.45. The van der Waals surface area contributed by atoms with Crippen molar-refractivity contribution in [1.29, 1.82) is 0 Å². The molecule has 0 N–H and O–H groups in total. The first-order valence-electron chi connectivity index (χ1n) is 5.69. The van der Waals surface area contributed by atoms with Gasteiger partial charge in [-0.1, -0.05) is 29.8 Å². The fraction of sp³-hybridized carbons (Fsp3) is 0.0769. The van der Waals surface area contributed by atoms with E-state index in [-0.39, 0.29) is 22.9 Å². The number of esters is 1. The Morgan fingerprint density at radius 2 is 2.14 bits per heavy atom. The van der Waals surface area contributed by atoms with Gasteiger partial charge in [0.15, 0.2) is 0 Å². The maximum atomic E-state index is 13.4. The van der Waals surface area contributed by atoms with Gasteiger partial charge < -0.3 is 4.74 Å². The number of pyridine rings is 1. The molecule has 1 heterocycles. The summed E-state index contributed by atoms with van der Waals surface area (Å²) in [6, 6.07) is 6.76. The highest BCUT2D eigenvalue weighted by molar-refractivity contribution is 6.29. The van der Waals surface area contributed by atoms with E-state index in [1.807, 2.05) is 0 Å². The lowest BCUT2D eigenvalue weighted by Gasteiger charge is -2.06. The second-order valence-corrected chi connectivity index (χ2v) is 4.34. The van der Waals surface area contributed by atoms with Crippen LogP contribution < -0.4 is 0 Å². The normalized spacial score (nSPS) is 10.2. The molecule has 6 nitrogen and oxygen atoms in total. The van der Waals surface area contributed by atoms with Crippen molar-refractivity contribution >= 4 is 23.3 Å². The average molecular weight is 311 g/mol. The minimum Gasteiger partial charge on any atom is -0.457 e.